The van der Waals surface area contributed by atoms with Crippen molar-refractivity contribution in [3.05, 3.63) is 80.3 Å². The third-order valence-corrected chi connectivity index (χ3v) is 14.7. The first kappa shape index (κ1) is 34.4. The van der Waals surface area contributed by atoms with E-state index in [2.05, 4.69) is 22.8 Å². The number of nitrogens with one attached hydrogen (secondary N) is 2. The average molecular weight is 735 g/mol. The van der Waals surface area contributed by atoms with Gasteiger partial charge in [0.05, 0.1) is 22.7 Å². The van der Waals surface area contributed by atoms with Crippen LogP contribution >= 0.6 is 21.6 Å². The van der Waals surface area contributed by atoms with Crippen LogP contribution in [0.25, 0.3) is 11.0 Å². The largest absolute Gasteiger partial charge is 0.507 e. The number of aromatic hydroxyl groups is 1. The predicted molar refractivity (Wildman–Crippen MR) is 199 cm³/mol. The van der Waals surface area contributed by atoms with Gasteiger partial charge in [-0.1, -0.05) is 53.0 Å². The Labute approximate surface area is 305 Å². The van der Waals surface area contributed by atoms with Gasteiger partial charge in [0.15, 0.2) is 11.0 Å². The minimum Gasteiger partial charge on any atom is -0.507 e. The first-order valence-electron chi connectivity index (χ1n) is 18.0. The van der Waals surface area contributed by atoms with Gasteiger partial charge in [-0.15, -0.1) is 0 Å². The van der Waals surface area contributed by atoms with Gasteiger partial charge in [0.2, 0.25) is 0 Å². The van der Waals surface area contributed by atoms with Crippen LogP contribution < -0.4 is 32.3 Å². The van der Waals surface area contributed by atoms with Gasteiger partial charge in [-0.25, -0.2) is 4.79 Å². The van der Waals surface area contributed by atoms with Crippen LogP contribution in [-0.4, -0.2) is 57.6 Å². The smallest absolute Gasteiger partial charge is 0.341 e. The lowest BCUT2D eigenvalue weighted by Crippen LogP contribution is -2.52. The lowest BCUT2D eigenvalue weighted by molar-refractivity contribution is -0.168. The number of esters is 1. The van der Waals surface area contributed by atoms with E-state index < -0.39 is 23.3 Å². The van der Waals surface area contributed by atoms with Crippen LogP contribution in [0.1, 0.15) is 76.5 Å². The van der Waals surface area contributed by atoms with Gasteiger partial charge in [-0.3, -0.25) is 4.79 Å². The molecule has 2 bridgehead atoms. The summed E-state index contributed by atoms with van der Waals surface area (Å²) >= 11 is 0. The second-order valence-electron chi connectivity index (χ2n) is 15.1. The van der Waals surface area contributed by atoms with Crippen molar-refractivity contribution in [3.63, 3.8) is 0 Å². The molecule has 5 atom stereocenters. The Morgan fingerprint density at radius 2 is 1.86 bits per heavy atom. The van der Waals surface area contributed by atoms with Crippen molar-refractivity contribution < 1.29 is 28.5 Å². The Kier molecular flexibility index (Phi) is 8.61. The topological polar surface area (TPSA) is 175 Å². The van der Waals surface area contributed by atoms with Crippen LogP contribution in [0.2, 0.25) is 0 Å². The van der Waals surface area contributed by atoms with Crippen LogP contribution in [0.3, 0.4) is 0 Å². The molecule has 1 saturated carbocycles. The van der Waals surface area contributed by atoms with Crippen molar-refractivity contribution >= 4 is 38.5 Å². The minimum absolute atomic E-state index is 0.0868. The highest BCUT2D eigenvalue weighted by Gasteiger charge is 2.61. The minimum atomic E-state index is -1.11. The summed E-state index contributed by atoms with van der Waals surface area (Å²) in [4.78, 5) is 26.8. The zero-order valence-electron chi connectivity index (χ0n) is 29.3. The van der Waals surface area contributed by atoms with E-state index in [4.69, 9.17) is 30.1 Å². The SMILES string of the molecule is Cc1cc(=O)c2c(O)c3c(cc2o1)OC1(C)CCSSC2(CCCCC2)C2=C(N)NCC=C2C2C=C(C=C(N)N2)CCC2OC2(C)C(=O)OC1C3. The number of carbonyl (C=O) groups excluding carboxylic acids is 1. The average Bonchev–Trinajstić information content (AvgIpc) is 3.76. The van der Waals surface area contributed by atoms with Gasteiger partial charge in [-0.2, -0.15) is 0 Å². The fourth-order valence-electron chi connectivity index (χ4n) is 8.50. The summed E-state index contributed by atoms with van der Waals surface area (Å²) in [7, 11) is 3.66. The second-order valence-corrected chi connectivity index (χ2v) is 17.9. The van der Waals surface area contributed by atoms with Crippen molar-refractivity contribution in [3.8, 4) is 11.5 Å². The number of hydrogen-bond acceptors (Lipinski definition) is 13. The molecule has 6 heterocycles. The standard InChI is InChI=1S/C38H46N4O7S2/c1-20-15-25(43)31-27(46-20)19-26-23(33(31)44)18-29-36(2,48-26)12-14-50-51-38(10-5-4-6-11-38)32-22(9-13-41-34(32)40)24-16-21(17-30(39)42-24)7-8-28-37(3,49-28)35(45)47-29/h9,15-17,19,24,28-29,41-42,44H,4-8,10-14,18,39-40H2,1-3H3. The number of allylic oxidation sites excluding steroid dienone is 2. The molecule has 1 aromatic heterocycles. The van der Waals surface area contributed by atoms with Crippen LogP contribution in [0.5, 0.6) is 11.5 Å². The molecule has 2 fully saturated rings. The Balaban J connectivity index is 1.17. The van der Waals surface area contributed by atoms with Crippen LogP contribution in [-0.2, 0) is 20.7 Å². The van der Waals surface area contributed by atoms with Gasteiger partial charge in [-0.05, 0) is 63.7 Å². The molecule has 1 spiro atoms. The maximum absolute atomic E-state index is 13.9. The molecule has 5 unspecified atom stereocenters. The van der Waals surface area contributed by atoms with E-state index in [9.17, 15) is 14.7 Å². The number of phenols is 1. The number of carbonyl (C=O) groups is 1. The fourth-order valence-corrected chi connectivity index (χ4v) is 12.0. The van der Waals surface area contributed by atoms with Gasteiger partial charge in [0.25, 0.3) is 0 Å². The van der Waals surface area contributed by atoms with Crippen LogP contribution in [0.4, 0.5) is 0 Å². The summed E-state index contributed by atoms with van der Waals surface area (Å²) in [6.07, 6.45) is 12.8. The molecular formula is C38H46N4O7S2. The first-order chi connectivity index (χ1) is 24.4. The zero-order chi connectivity index (χ0) is 35.7. The summed E-state index contributed by atoms with van der Waals surface area (Å²) in [5.74, 6) is 2.20. The highest BCUT2D eigenvalue weighted by Crippen LogP contribution is 2.55. The predicted octanol–water partition coefficient (Wildman–Crippen LogP) is 5.24. The number of hydrogen-bond donors (Lipinski definition) is 5. The lowest BCUT2D eigenvalue weighted by atomic mass is 9.76. The van der Waals surface area contributed by atoms with Gasteiger partial charge >= 0.3 is 5.97 Å². The van der Waals surface area contributed by atoms with E-state index in [1.54, 1.807) is 30.7 Å². The molecule has 11 nitrogen and oxygen atoms in total. The van der Waals surface area contributed by atoms with Gasteiger partial charge in [0.1, 0.15) is 45.8 Å². The molecule has 272 valence electrons. The Bertz CT molecular complexity index is 1980. The van der Waals surface area contributed by atoms with Crippen molar-refractivity contribution in [1.82, 2.24) is 10.6 Å². The molecule has 8 rings (SSSR count). The number of phenolic OH excluding ortho intramolecular Hbond substituents is 1. The van der Waals surface area contributed by atoms with Crippen molar-refractivity contribution in [2.24, 2.45) is 11.5 Å². The van der Waals surface area contributed by atoms with E-state index in [-0.39, 0.29) is 45.5 Å². The third-order valence-electron chi connectivity index (χ3n) is 11.5. The summed E-state index contributed by atoms with van der Waals surface area (Å²) in [6.45, 7) is 6.06. The third kappa shape index (κ3) is 6.08. The molecule has 1 aliphatic carbocycles. The van der Waals surface area contributed by atoms with Gasteiger partial charge in [0, 0.05) is 48.4 Å². The Morgan fingerprint density at radius 1 is 1.06 bits per heavy atom. The second kappa shape index (κ2) is 12.8. The number of aryl methyl sites for hydroxylation is 1. The molecule has 5 aliphatic heterocycles. The highest BCUT2D eigenvalue weighted by molar-refractivity contribution is 8.77. The van der Waals surface area contributed by atoms with E-state index >= 15 is 0 Å². The molecule has 0 radical (unpaired) electrons. The van der Waals surface area contributed by atoms with E-state index in [1.165, 1.54) is 18.1 Å². The Morgan fingerprint density at radius 3 is 2.67 bits per heavy atom. The number of ether oxygens (including phenoxy) is 3. The molecule has 6 aliphatic rings. The number of rotatable bonds is 0. The quantitative estimate of drug-likeness (QED) is 0.135. The highest BCUT2D eigenvalue weighted by atomic mass is 33.1. The summed E-state index contributed by atoms with van der Waals surface area (Å²) in [5, 5.41) is 18.4. The van der Waals surface area contributed by atoms with E-state index in [0.29, 0.717) is 54.5 Å². The molecule has 1 aromatic carbocycles. The van der Waals surface area contributed by atoms with Crippen molar-refractivity contribution in [1.29, 1.82) is 0 Å². The maximum atomic E-state index is 13.9. The number of dihydropyridines is 2. The lowest BCUT2D eigenvalue weighted by Gasteiger charge is -2.44. The monoisotopic (exact) mass is 734 g/mol. The van der Waals surface area contributed by atoms with Crippen LogP contribution in [0, 0.1) is 6.92 Å². The molecule has 0 amide bonds. The molecule has 13 heteroatoms. The van der Waals surface area contributed by atoms with Crippen molar-refractivity contribution in [2.45, 2.75) is 113 Å². The van der Waals surface area contributed by atoms with E-state index in [1.807, 2.05) is 23.8 Å². The summed E-state index contributed by atoms with van der Waals surface area (Å²) in [5.41, 5.74) is 15.0. The molecular weight excluding hydrogens is 689 g/mol. The molecule has 51 heavy (non-hydrogen) atoms. The number of nitrogens with two attached hydrogens (primary N) is 2. The number of benzene rings is 1. The molecule has 1 saturated heterocycles. The van der Waals surface area contributed by atoms with Crippen LogP contribution in [0.15, 0.2) is 67.9 Å². The van der Waals surface area contributed by atoms with Crippen molar-refractivity contribution in [2.75, 3.05) is 12.3 Å². The Hall–Kier alpha value is -3.68. The number of fused-ring (bicyclic) bond motifs is 8. The zero-order valence-corrected chi connectivity index (χ0v) is 30.9. The summed E-state index contributed by atoms with van der Waals surface area (Å²) < 4.78 is 24.7. The molecule has 7 N–H and O–H groups in total. The van der Waals surface area contributed by atoms with Gasteiger partial charge < -0.3 is 45.8 Å². The maximum Gasteiger partial charge on any atom is 0.341 e. The van der Waals surface area contributed by atoms with E-state index in [0.717, 1.165) is 42.7 Å². The first-order valence-corrected chi connectivity index (χ1v) is 20.3. The fraction of sp³-hybridized carbons (Fsp3) is 0.526. The molecule has 2 aromatic rings. The normalized spacial score (nSPS) is 32.1. The number of epoxide rings is 1. The summed E-state index contributed by atoms with van der Waals surface area (Å²) in [6, 6.07) is 2.90.